The maximum absolute atomic E-state index is 11.0. The molecule has 0 aliphatic carbocycles. The summed E-state index contributed by atoms with van der Waals surface area (Å²) in [6, 6.07) is 15.4. The summed E-state index contributed by atoms with van der Waals surface area (Å²) in [5.41, 5.74) is 3.58. The number of esters is 1. The number of carbonyl (C=O) groups is 1. The number of ether oxygens (including phenoxy) is 2. The van der Waals surface area contributed by atoms with Crippen molar-refractivity contribution in [3.05, 3.63) is 54.1 Å². The van der Waals surface area contributed by atoms with Crippen LogP contribution in [0.4, 0.5) is 27.2 Å². The van der Waals surface area contributed by atoms with Gasteiger partial charge in [0.15, 0.2) is 0 Å². The van der Waals surface area contributed by atoms with Crippen molar-refractivity contribution < 1.29 is 14.3 Å². The highest BCUT2D eigenvalue weighted by atomic mass is 32.1. The molecule has 0 unspecified atom stereocenters. The Hall–Kier alpha value is -3.70. The number of aromatic nitrogens is 1. The first-order chi connectivity index (χ1) is 17.4. The van der Waals surface area contributed by atoms with Crippen LogP contribution >= 0.6 is 22.7 Å². The molecule has 2 aromatic carbocycles. The van der Waals surface area contributed by atoms with Gasteiger partial charge >= 0.3 is 5.97 Å². The van der Waals surface area contributed by atoms with Gasteiger partial charge in [-0.2, -0.15) is 0 Å². The molecule has 2 aromatic heterocycles. The second-order valence-corrected chi connectivity index (χ2v) is 9.76. The monoisotopic (exact) mass is 522 g/mol. The number of carbonyl (C=O) groups excluding carboxylic acids is 1. The molecule has 36 heavy (non-hydrogen) atoms. The van der Waals surface area contributed by atoms with Gasteiger partial charge in [0, 0.05) is 19.2 Å². The molecule has 0 N–H and O–H groups in total. The first kappa shape index (κ1) is 25.4. The molecule has 0 bridgehead atoms. The van der Waals surface area contributed by atoms with E-state index < -0.39 is 0 Å². The van der Waals surface area contributed by atoms with Crippen molar-refractivity contribution in [3.63, 3.8) is 0 Å². The van der Waals surface area contributed by atoms with E-state index >= 15 is 0 Å². The van der Waals surface area contributed by atoms with Gasteiger partial charge in [-0.25, -0.2) is 4.98 Å². The highest BCUT2D eigenvalue weighted by molar-refractivity contribution is 7.30. The molecule has 0 amide bonds. The summed E-state index contributed by atoms with van der Waals surface area (Å²) in [7, 11) is 1.63. The Morgan fingerprint density at radius 2 is 1.83 bits per heavy atom. The third-order valence-corrected chi connectivity index (χ3v) is 7.17. The second kappa shape index (κ2) is 11.8. The van der Waals surface area contributed by atoms with E-state index in [0.29, 0.717) is 18.3 Å². The molecule has 186 valence electrons. The summed E-state index contributed by atoms with van der Waals surface area (Å²) in [6.07, 6.45) is 0. The van der Waals surface area contributed by atoms with E-state index in [-0.39, 0.29) is 5.97 Å². The van der Waals surface area contributed by atoms with Crippen molar-refractivity contribution >= 4 is 65.4 Å². The lowest BCUT2D eigenvalue weighted by Crippen LogP contribution is -2.27. The Bertz CT molecular complexity index is 1360. The number of aryl methyl sites for hydroxylation is 1. The Balaban J connectivity index is 1.41. The highest BCUT2D eigenvalue weighted by Crippen LogP contribution is 2.39. The van der Waals surface area contributed by atoms with Crippen LogP contribution in [0, 0.1) is 6.92 Å². The van der Waals surface area contributed by atoms with Crippen molar-refractivity contribution in [1.29, 1.82) is 0 Å². The summed E-state index contributed by atoms with van der Waals surface area (Å²) >= 11 is 2.93. The minimum absolute atomic E-state index is 0.269. The van der Waals surface area contributed by atoms with Crippen LogP contribution in [0.3, 0.4) is 0 Å². The summed E-state index contributed by atoms with van der Waals surface area (Å²) in [6.45, 7) is 7.28. The van der Waals surface area contributed by atoms with Crippen LogP contribution in [0.25, 0.3) is 9.53 Å². The lowest BCUT2D eigenvalue weighted by molar-refractivity contribution is -0.140. The molecular weight excluding hydrogens is 496 g/mol. The molecule has 0 aliphatic heterocycles. The molecule has 4 aromatic rings. The highest BCUT2D eigenvalue weighted by Gasteiger charge is 2.10. The standard InChI is InChI=1S/C25H26N6O3S2/c1-5-31(12-13-34-17(3)32)19-8-11-21(16(2)14-19)28-30-25-26-24-22(35-25)15-23(36-24)29-27-18-6-9-20(33-4)10-7-18/h6-11,14-15H,5,12-13H2,1-4H3. The number of thiophene rings is 1. The first-order valence-corrected chi connectivity index (χ1v) is 13.0. The summed E-state index contributed by atoms with van der Waals surface area (Å²) < 4.78 is 11.2. The van der Waals surface area contributed by atoms with Gasteiger partial charge in [-0.05, 0) is 67.9 Å². The van der Waals surface area contributed by atoms with Gasteiger partial charge in [-0.1, -0.05) is 22.7 Å². The van der Waals surface area contributed by atoms with E-state index in [9.17, 15) is 4.79 Å². The molecule has 11 heteroatoms. The van der Waals surface area contributed by atoms with Crippen molar-refractivity contribution in [3.8, 4) is 5.75 Å². The third kappa shape index (κ3) is 6.49. The molecule has 0 aliphatic rings. The summed E-state index contributed by atoms with van der Waals surface area (Å²) in [5.74, 6) is 0.510. The molecule has 0 spiro atoms. The number of hydrogen-bond acceptors (Lipinski definition) is 11. The Kier molecular flexibility index (Phi) is 8.34. The molecular formula is C25H26N6O3S2. The van der Waals surface area contributed by atoms with Crippen molar-refractivity contribution in [2.75, 3.05) is 31.7 Å². The topological polar surface area (TPSA) is 101 Å². The van der Waals surface area contributed by atoms with Crippen LogP contribution in [0.15, 0.2) is 69.0 Å². The molecule has 0 atom stereocenters. The van der Waals surface area contributed by atoms with E-state index in [1.54, 1.807) is 7.11 Å². The van der Waals surface area contributed by atoms with Crippen molar-refractivity contribution in [2.45, 2.75) is 20.8 Å². The number of rotatable bonds is 10. The molecule has 9 nitrogen and oxygen atoms in total. The maximum Gasteiger partial charge on any atom is 0.302 e. The number of methoxy groups -OCH3 is 1. The molecule has 0 fully saturated rings. The largest absolute Gasteiger partial charge is 0.497 e. The zero-order chi connectivity index (χ0) is 25.5. The van der Waals surface area contributed by atoms with Gasteiger partial charge in [-0.15, -0.1) is 20.5 Å². The SMILES string of the molecule is CCN(CCOC(C)=O)c1ccc(N=Nc2nc3sc(N=Nc4ccc(OC)cc4)cc3s2)c(C)c1. The third-order valence-electron chi connectivity index (χ3n) is 5.24. The lowest BCUT2D eigenvalue weighted by atomic mass is 10.1. The Morgan fingerprint density at radius 3 is 2.50 bits per heavy atom. The molecule has 0 saturated carbocycles. The number of nitrogens with zero attached hydrogens (tertiary/aromatic N) is 6. The minimum Gasteiger partial charge on any atom is -0.497 e. The average Bonchev–Trinajstić information content (AvgIpc) is 3.43. The van der Waals surface area contributed by atoms with Crippen molar-refractivity contribution in [1.82, 2.24) is 4.98 Å². The number of benzene rings is 2. The fourth-order valence-corrected chi connectivity index (χ4v) is 5.22. The predicted octanol–water partition coefficient (Wildman–Crippen LogP) is 7.90. The van der Waals surface area contributed by atoms with Gasteiger partial charge in [-0.3, -0.25) is 4.79 Å². The zero-order valence-corrected chi connectivity index (χ0v) is 22.1. The van der Waals surface area contributed by atoms with Gasteiger partial charge in [0.05, 0.1) is 29.7 Å². The number of thiazole rings is 1. The minimum atomic E-state index is -0.269. The van der Waals surface area contributed by atoms with Crippen LogP contribution in [0.2, 0.25) is 0 Å². The van der Waals surface area contributed by atoms with Gasteiger partial charge in [0.25, 0.3) is 0 Å². The summed E-state index contributed by atoms with van der Waals surface area (Å²) in [5, 5.41) is 18.7. The predicted molar refractivity (Wildman–Crippen MR) is 145 cm³/mol. The van der Waals surface area contributed by atoms with E-state index in [4.69, 9.17) is 9.47 Å². The Morgan fingerprint density at radius 1 is 1.03 bits per heavy atom. The van der Waals surface area contributed by atoms with Gasteiger partial charge < -0.3 is 14.4 Å². The first-order valence-electron chi connectivity index (χ1n) is 11.3. The number of likely N-dealkylation sites (N-methyl/N-ethyl adjacent to an activating group) is 1. The van der Waals surface area contributed by atoms with E-state index in [2.05, 4.69) is 43.3 Å². The van der Waals surface area contributed by atoms with E-state index in [0.717, 1.165) is 49.5 Å². The molecule has 4 rings (SSSR count). The van der Waals surface area contributed by atoms with Crippen LogP contribution in [0.1, 0.15) is 19.4 Å². The fourth-order valence-electron chi connectivity index (χ4n) is 3.37. The van der Waals surface area contributed by atoms with Crippen LogP contribution in [-0.2, 0) is 9.53 Å². The van der Waals surface area contributed by atoms with Crippen LogP contribution in [0.5, 0.6) is 5.75 Å². The van der Waals surface area contributed by atoms with Gasteiger partial charge in [0.2, 0.25) is 5.13 Å². The normalized spacial score (nSPS) is 11.6. The zero-order valence-electron chi connectivity index (χ0n) is 20.5. The number of azo groups is 2. The number of anilines is 1. The van der Waals surface area contributed by atoms with Crippen molar-refractivity contribution in [2.24, 2.45) is 20.5 Å². The van der Waals surface area contributed by atoms with E-state index in [1.165, 1.54) is 29.6 Å². The van der Waals surface area contributed by atoms with Gasteiger partial charge in [0.1, 0.15) is 22.2 Å². The Labute approximate surface area is 217 Å². The average molecular weight is 523 g/mol. The maximum atomic E-state index is 11.0. The van der Waals surface area contributed by atoms with Crippen LogP contribution in [-0.4, -0.2) is 37.8 Å². The number of hydrogen-bond donors (Lipinski definition) is 0. The molecule has 0 saturated heterocycles. The molecule has 0 radical (unpaired) electrons. The van der Waals surface area contributed by atoms with Crippen LogP contribution < -0.4 is 9.64 Å². The second-order valence-electron chi connectivity index (χ2n) is 7.74. The smallest absolute Gasteiger partial charge is 0.302 e. The quantitative estimate of drug-likeness (QED) is 0.156. The summed E-state index contributed by atoms with van der Waals surface area (Å²) in [4.78, 5) is 18.6. The number of fused-ring (bicyclic) bond motifs is 1. The molecule has 2 heterocycles. The van der Waals surface area contributed by atoms with E-state index in [1.807, 2.05) is 49.4 Å². The fraction of sp³-hybridized carbons (Fsp3) is 0.280. The lowest BCUT2D eigenvalue weighted by Gasteiger charge is -2.23.